The van der Waals surface area contributed by atoms with Gasteiger partial charge >= 0.3 is 0 Å². The van der Waals surface area contributed by atoms with E-state index in [2.05, 4.69) is 43.5 Å². The number of fused-ring (bicyclic) bond motifs is 1. The smallest absolute Gasteiger partial charge is 0.249 e. The quantitative estimate of drug-likeness (QED) is 0.758. The lowest BCUT2D eigenvalue weighted by Crippen LogP contribution is -2.55. The van der Waals surface area contributed by atoms with Crippen molar-refractivity contribution in [3.8, 4) is 0 Å². The minimum atomic E-state index is -0.261. The van der Waals surface area contributed by atoms with E-state index in [-0.39, 0.29) is 17.9 Å². The predicted octanol–water partition coefficient (Wildman–Crippen LogP) is 1.79. The second-order valence-electron chi connectivity index (χ2n) is 8.72. The number of para-hydroxylation sites is 1. The Kier molecular flexibility index (Phi) is 5.08. The molecule has 2 N–H and O–H groups in total. The van der Waals surface area contributed by atoms with Gasteiger partial charge < -0.3 is 15.1 Å². The van der Waals surface area contributed by atoms with Gasteiger partial charge in [0.05, 0.1) is 17.1 Å². The number of nitrogens with one attached hydrogen (secondary N) is 2. The van der Waals surface area contributed by atoms with E-state index in [1.54, 1.807) is 0 Å². The number of hydrogen-bond acceptors (Lipinski definition) is 6. The van der Waals surface area contributed by atoms with E-state index in [1.807, 2.05) is 0 Å². The zero-order valence-corrected chi connectivity index (χ0v) is 17.0. The van der Waals surface area contributed by atoms with E-state index in [4.69, 9.17) is 0 Å². The number of imide groups is 1. The molecule has 0 spiro atoms. The molecule has 1 aromatic carbocycles. The van der Waals surface area contributed by atoms with Crippen LogP contribution in [0.1, 0.15) is 38.5 Å². The third kappa shape index (κ3) is 3.56. The number of benzene rings is 1. The van der Waals surface area contributed by atoms with Crippen molar-refractivity contribution in [1.29, 1.82) is 0 Å². The molecular weight excluding hydrogens is 366 g/mol. The second kappa shape index (κ2) is 7.86. The zero-order chi connectivity index (χ0) is 19.8. The number of anilines is 3. The average molecular weight is 398 g/mol. The highest BCUT2D eigenvalue weighted by Crippen LogP contribution is 2.40. The van der Waals surface area contributed by atoms with Crippen molar-refractivity contribution in [1.82, 2.24) is 10.2 Å². The summed E-state index contributed by atoms with van der Waals surface area (Å²) in [5.41, 5.74) is 3.46. The van der Waals surface area contributed by atoms with Gasteiger partial charge in [-0.05, 0) is 31.4 Å². The van der Waals surface area contributed by atoms with Crippen LogP contribution in [0.2, 0.25) is 0 Å². The Hall–Kier alpha value is -2.28. The molecule has 0 aromatic heterocycles. The molecule has 1 saturated carbocycles. The predicted molar refractivity (Wildman–Crippen MR) is 114 cm³/mol. The highest BCUT2D eigenvalue weighted by Gasteiger charge is 2.35. The number of carbonyl (C=O) groups is 2. The van der Waals surface area contributed by atoms with Crippen LogP contribution in [0.5, 0.6) is 0 Å². The molecule has 29 heavy (non-hydrogen) atoms. The van der Waals surface area contributed by atoms with E-state index in [0.29, 0.717) is 12.8 Å². The van der Waals surface area contributed by atoms with Crippen molar-refractivity contribution in [3.05, 3.63) is 18.2 Å². The van der Waals surface area contributed by atoms with Crippen LogP contribution >= 0.6 is 0 Å². The third-order valence-corrected chi connectivity index (χ3v) is 7.07. The lowest BCUT2D eigenvalue weighted by molar-refractivity contribution is -0.134. The van der Waals surface area contributed by atoms with Crippen LogP contribution < -0.4 is 20.4 Å². The summed E-state index contributed by atoms with van der Waals surface area (Å²) < 4.78 is 0. The second-order valence-corrected chi connectivity index (χ2v) is 8.72. The van der Waals surface area contributed by atoms with Gasteiger partial charge in [0.15, 0.2) is 0 Å². The van der Waals surface area contributed by atoms with Crippen molar-refractivity contribution >= 4 is 28.9 Å². The van der Waals surface area contributed by atoms with Gasteiger partial charge in [-0.1, -0.05) is 18.9 Å². The van der Waals surface area contributed by atoms with E-state index in [9.17, 15) is 9.59 Å². The first-order valence-electron chi connectivity index (χ1n) is 11.2. The maximum atomic E-state index is 12.5. The van der Waals surface area contributed by atoms with Gasteiger partial charge in [0.2, 0.25) is 11.8 Å². The van der Waals surface area contributed by atoms with Gasteiger partial charge in [-0.15, -0.1) is 0 Å². The molecule has 3 fully saturated rings. The monoisotopic (exact) mass is 397 g/mol. The molecule has 7 heteroatoms. The van der Waals surface area contributed by atoms with Crippen LogP contribution in [0, 0.1) is 0 Å². The Morgan fingerprint density at radius 3 is 2.41 bits per heavy atom. The summed E-state index contributed by atoms with van der Waals surface area (Å²) in [6.07, 6.45) is 6.51. The summed E-state index contributed by atoms with van der Waals surface area (Å²) in [5.74, 6) is -0.319. The van der Waals surface area contributed by atoms with Gasteiger partial charge in [0.25, 0.3) is 0 Å². The zero-order valence-electron chi connectivity index (χ0n) is 17.0. The molecule has 156 valence electrons. The minimum Gasteiger partial charge on any atom is -0.380 e. The van der Waals surface area contributed by atoms with Gasteiger partial charge in [0, 0.05) is 51.7 Å². The first-order chi connectivity index (χ1) is 14.2. The molecule has 2 amide bonds. The normalized spacial score (nSPS) is 26.3. The van der Waals surface area contributed by atoms with Crippen molar-refractivity contribution in [2.75, 3.05) is 54.4 Å². The topological polar surface area (TPSA) is 67.9 Å². The Bertz CT molecular complexity index is 783. The van der Waals surface area contributed by atoms with Crippen LogP contribution in [-0.4, -0.2) is 68.1 Å². The number of piperazine rings is 1. The number of rotatable bonds is 3. The Morgan fingerprint density at radius 2 is 1.66 bits per heavy atom. The fraction of sp³-hybridized carbons (Fsp3) is 0.636. The third-order valence-electron chi connectivity index (χ3n) is 7.07. The average Bonchev–Trinajstić information content (AvgIpc) is 3.28. The number of amides is 2. The van der Waals surface area contributed by atoms with Gasteiger partial charge in [-0.25, -0.2) is 0 Å². The SMILES string of the molecule is O=C1CCC(N2CCNc3c(N4CCN(C5CCCC5)CC4)cccc32)C(=O)N1. The van der Waals surface area contributed by atoms with E-state index >= 15 is 0 Å². The van der Waals surface area contributed by atoms with Crippen LogP contribution in [-0.2, 0) is 9.59 Å². The summed E-state index contributed by atoms with van der Waals surface area (Å²) in [5, 5.41) is 6.10. The van der Waals surface area contributed by atoms with Crippen molar-refractivity contribution in [3.63, 3.8) is 0 Å². The van der Waals surface area contributed by atoms with Crippen molar-refractivity contribution in [2.45, 2.75) is 50.6 Å². The van der Waals surface area contributed by atoms with E-state index in [0.717, 1.165) is 56.7 Å². The van der Waals surface area contributed by atoms with Crippen LogP contribution in [0.4, 0.5) is 17.1 Å². The number of piperidine rings is 1. The Morgan fingerprint density at radius 1 is 0.897 bits per heavy atom. The first kappa shape index (κ1) is 18.7. The fourth-order valence-electron chi connectivity index (χ4n) is 5.53. The largest absolute Gasteiger partial charge is 0.380 e. The fourth-order valence-corrected chi connectivity index (χ4v) is 5.53. The molecule has 1 aliphatic carbocycles. The molecule has 0 bridgehead atoms. The molecule has 5 rings (SSSR count). The molecule has 1 aromatic rings. The highest BCUT2D eigenvalue weighted by atomic mass is 16.2. The van der Waals surface area contributed by atoms with Gasteiger partial charge in [-0.3, -0.25) is 19.8 Å². The van der Waals surface area contributed by atoms with E-state index < -0.39 is 0 Å². The molecule has 7 nitrogen and oxygen atoms in total. The molecule has 0 radical (unpaired) electrons. The van der Waals surface area contributed by atoms with Crippen LogP contribution in [0.15, 0.2) is 18.2 Å². The lowest BCUT2D eigenvalue weighted by Gasteiger charge is -2.43. The molecule has 2 saturated heterocycles. The summed E-state index contributed by atoms with van der Waals surface area (Å²) in [6, 6.07) is 6.93. The van der Waals surface area contributed by atoms with Crippen LogP contribution in [0.3, 0.4) is 0 Å². The summed E-state index contributed by atoms with van der Waals surface area (Å²) in [4.78, 5) is 31.4. The summed E-state index contributed by atoms with van der Waals surface area (Å²) in [6.45, 7) is 5.94. The standard InChI is InChI=1S/C22H31N5O2/c28-20-9-8-19(22(29)24-20)27-11-10-23-21-17(6-3-7-18(21)27)26-14-12-25(13-15-26)16-4-1-2-5-16/h3,6-7,16,19,23H,1-2,4-5,8-15H2,(H,24,28,29). The first-order valence-corrected chi connectivity index (χ1v) is 11.2. The van der Waals surface area contributed by atoms with Gasteiger partial charge in [-0.2, -0.15) is 0 Å². The molecule has 3 heterocycles. The molecule has 1 atom stereocenters. The molecule has 1 unspecified atom stereocenters. The lowest BCUT2D eigenvalue weighted by atomic mass is 10.0. The van der Waals surface area contributed by atoms with Crippen molar-refractivity contribution in [2.24, 2.45) is 0 Å². The van der Waals surface area contributed by atoms with E-state index in [1.165, 1.54) is 31.4 Å². The molecular formula is C22H31N5O2. The maximum Gasteiger partial charge on any atom is 0.249 e. The summed E-state index contributed by atoms with van der Waals surface area (Å²) in [7, 11) is 0. The Balaban J connectivity index is 1.34. The van der Waals surface area contributed by atoms with Crippen LogP contribution in [0.25, 0.3) is 0 Å². The molecule has 3 aliphatic heterocycles. The summed E-state index contributed by atoms with van der Waals surface area (Å²) >= 11 is 0. The Labute approximate surface area is 172 Å². The number of carbonyl (C=O) groups excluding carboxylic acids is 2. The van der Waals surface area contributed by atoms with Gasteiger partial charge in [0.1, 0.15) is 6.04 Å². The minimum absolute atomic E-state index is 0.157. The maximum absolute atomic E-state index is 12.5. The van der Waals surface area contributed by atoms with Crippen molar-refractivity contribution < 1.29 is 9.59 Å². The number of hydrogen-bond donors (Lipinski definition) is 2. The molecule has 4 aliphatic rings. The highest BCUT2D eigenvalue weighted by molar-refractivity contribution is 6.02. The number of nitrogens with zero attached hydrogens (tertiary/aromatic N) is 3.